The minimum Gasteiger partial charge on any atom is -0.493 e. The molecule has 0 aliphatic heterocycles. The number of carbonyl (C=O) groups excluding carboxylic acids is 1. The first kappa shape index (κ1) is 16.0. The van der Waals surface area contributed by atoms with Gasteiger partial charge >= 0.3 is 0 Å². The van der Waals surface area contributed by atoms with Crippen molar-refractivity contribution in [3.8, 4) is 5.75 Å². The van der Waals surface area contributed by atoms with Crippen molar-refractivity contribution >= 4 is 15.9 Å². The molecule has 0 radical (unpaired) electrons. The lowest BCUT2D eigenvalue weighted by atomic mass is 10.2. The van der Waals surface area contributed by atoms with E-state index < -0.39 is 15.9 Å². The van der Waals surface area contributed by atoms with Gasteiger partial charge in [0.15, 0.2) is 0 Å². The number of benzene rings is 2. The average molecular weight is 319 g/mol. The predicted octanol–water partition coefficient (Wildman–Crippen LogP) is 2.10. The fourth-order valence-corrected chi connectivity index (χ4v) is 2.98. The minimum absolute atomic E-state index is 0.0249. The van der Waals surface area contributed by atoms with Crippen molar-refractivity contribution in [3.05, 3.63) is 66.2 Å². The van der Waals surface area contributed by atoms with Crippen molar-refractivity contribution < 1.29 is 17.9 Å². The van der Waals surface area contributed by atoms with Gasteiger partial charge in [0, 0.05) is 0 Å². The number of carbonyl (C=O) groups is 1. The molecular formula is C16H17NO4S. The lowest BCUT2D eigenvalue weighted by molar-refractivity contribution is -0.119. The molecule has 2 aromatic rings. The summed E-state index contributed by atoms with van der Waals surface area (Å²) >= 11 is 0. The number of ether oxygens (including phenoxy) is 1. The Morgan fingerprint density at radius 2 is 1.55 bits per heavy atom. The van der Waals surface area contributed by atoms with Crippen LogP contribution in [0, 0.1) is 0 Å². The molecule has 0 atom stereocenters. The Balaban J connectivity index is 1.78. The Kier molecular flexibility index (Phi) is 5.55. The fraction of sp³-hybridized carbons (Fsp3) is 0.188. The second-order valence-electron chi connectivity index (χ2n) is 4.68. The van der Waals surface area contributed by atoms with E-state index in [0.717, 1.165) is 0 Å². The molecule has 0 bridgehead atoms. The minimum atomic E-state index is -3.68. The van der Waals surface area contributed by atoms with E-state index in [-0.39, 0.29) is 18.8 Å². The summed E-state index contributed by atoms with van der Waals surface area (Å²) in [5.41, 5.74) is 0.628. The van der Waals surface area contributed by atoms with Crippen LogP contribution in [-0.4, -0.2) is 20.9 Å². The van der Waals surface area contributed by atoms with Crippen molar-refractivity contribution in [2.75, 3.05) is 6.61 Å². The molecule has 2 aromatic carbocycles. The van der Waals surface area contributed by atoms with E-state index in [1.165, 1.54) is 0 Å². The summed E-state index contributed by atoms with van der Waals surface area (Å²) in [6.45, 7) is 0.122. The Morgan fingerprint density at radius 1 is 0.955 bits per heavy atom. The first-order valence-electron chi connectivity index (χ1n) is 6.80. The van der Waals surface area contributed by atoms with Crippen LogP contribution in [0.2, 0.25) is 0 Å². The molecule has 1 amide bonds. The third-order valence-corrected chi connectivity index (χ3v) is 4.06. The quantitative estimate of drug-likeness (QED) is 0.848. The van der Waals surface area contributed by atoms with E-state index in [0.29, 0.717) is 11.3 Å². The smallest absolute Gasteiger partial charge is 0.239 e. The van der Waals surface area contributed by atoms with Crippen molar-refractivity contribution in [1.82, 2.24) is 4.72 Å². The molecule has 5 nitrogen and oxygen atoms in total. The van der Waals surface area contributed by atoms with E-state index in [1.807, 2.05) is 22.9 Å². The molecule has 0 aliphatic carbocycles. The number of nitrogens with one attached hydrogen (secondary N) is 1. The van der Waals surface area contributed by atoms with Gasteiger partial charge in [-0.1, -0.05) is 48.5 Å². The third-order valence-electron chi connectivity index (χ3n) is 2.81. The zero-order valence-electron chi connectivity index (χ0n) is 11.9. The van der Waals surface area contributed by atoms with Crippen LogP contribution in [0.25, 0.3) is 0 Å². The van der Waals surface area contributed by atoms with E-state index in [1.54, 1.807) is 42.5 Å². The summed E-state index contributed by atoms with van der Waals surface area (Å²) < 4.78 is 31.1. The molecule has 0 heterocycles. The SMILES string of the molecule is O=C(CCOc1ccccc1)NS(=O)(=O)Cc1ccccc1. The van der Waals surface area contributed by atoms with Gasteiger partial charge in [-0.25, -0.2) is 8.42 Å². The average Bonchev–Trinajstić information content (AvgIpc) is 2.48. The summed E-state index contributed by atoms with van der Waals surface area (Å²) in [5, 5.41) is 0. The summed E-state index contributed by atoms with van der Waals surface area (Å²) in [6, 6.07) is 17.7. The topological polar surface area (TPSA) is 72.5 Å². The number of para-hydroxylation sites is 1. The number of hydrogen-bond donors (Lipinski definition) is 1. The van der Waals surface area contributed by atoms with Gasteiger partial charge in [0.25, 0.3) is 0 Å². The van der Waals surface area contributed by atoms with E-state index in [9.17, 15) is 13.2 Å². The molecule has 0 unspecified atom stereocenters. The number of hydrogen-bond acceptors (Lipinski definition) is 4. The maximum atomic E-state index is 11.9. The van der Waals surface area contributed by atoms with Crippen LogP contribution in [-0.2, 0) is 20.6 Å². The Labute approximate surface area is 130 Å². The van der Waals surface area contributed by atoms with Crippen LogP contribution in [0.1, 0.15) is 12.0 Å². The lowest BCUT2D eigenvalue weighted by Crippen LogP contribution is -2.32. The van der Waals surface area contributed by atoms with Gasteiger partial charge in [-0.15, -0.1) is 0 Å². The highest BCUT2D eigenvalue weighted by atomic mass is 32.2. The van der Waals surface area contributed by atoms with Gasteiger partial charge in [0.1, 0.15) is 5.75 Å². The monoisotopic (exact) mass is 319 g/mol. The van der Waals surface area contributed by atoms with E-state index >= 15 is 0 Å². The highest BCUT2D eigenvalue weighted by Crippen LogP contribution is 2.08. The van der Waals surface area contributed by atoms with Gasteiger partial charge in [0.05, 0.1) is 18.8 Å². The van der Waals surface area contributed by atoms with Crippen molar-refractivity contribution in [1.29, 1.82) is 0 Å². The second-order valence-corrected chi connectivity index (χ2v) is 6.40. The molecule has 6 heteroatoms. The highest BCUT2D eigenvalue weighted by Gasteiger charge is 2.15. The van der Waals surface area contributed by atoms with Crippen LogP contribution in [0.5, 0.6) is 5.75 Å². The third kappa shape index (κ3) is 5.57. The molecule has 1 N–H and O–H groups in total. The van der Waals surface area contributed by atoms with Crippen LogP contribution >= 0.6 is 0 Å². The molecule has 0 saturated heterocycles. The normalized spacial score (nSPS) is 10.9. The zero-order valence-corrected chi connectivity index (χ0v) is 12.8. The van der Waals surface area contributed by atoms with Gasteiger partial charge in [-0.2, -0.15) is 0 Å². The Hall–Kier alpha value is -2.34. The number of rotatable bonds is 7. The maximum Gasteiger partial charge on any atom is 0.239 e. The van der Waals surface area contributed by atoms with Crippen LogP contribution in [0.4, 0.5) is 0 Å². The molecular weight excluding hydrogens is 302 g/mol. The predicted molar refractivity (Wildman–Crippen MR) is 83.8 cm³/mol. The summed E-state index contributed by atoms with van der Waals surface area (Å²) in [5.74, 6) is -0.159. The number of amides is 1. The van der Waals surface area contributed by atoms with E-state index in [2.05, 4.69) is 0 Å². The second kappa shape index (κ2) is 7.61. The largest absolute Gasteiger partial charge is 0.493 e. The first-order chi connectivity index (χ1) is 10.6. The Bertz CT molecular complexity index is 699. The lowest BCUT2D eigenvalue weighted by Gasteiger charge is -2.08. The Morgan fingerprint density at radius 3 is 2.18 bits per heavy atom. The van der Waals surface area contributed by atoms with Gasteiger partial charge in [0.2, 0.25) is 15.9 Å². The fourth-order valence-electron chi connectivity index (χ4n) is 1.83. The maximum absolute atomic E-state index is 11.9. The summed E-state index contributed by atoms with van der Waals surface area (Å²) in [6.07, 6.45) is -0.0249. The molecule has 0 saturated carbocycles. The molecule has 0 aliphatic rings. The first-order valence-corrected chi connectivity index (χ1v) is 8.45. The van der Waals surface area contributed by atoms with Crippen LogP contribution < -0.4 is 9.46 Å². The summed E-state index contributed by atoms with van der Waals surface area (Å²) in [7, 11) is -3.68. The molecule has 22 heavy (non-hydrogen) atoms. The van der Waals surface area contributed by atoms with Crippen molar-refractivity contribution in [3.63, 3.8) is 0 Å². The van der Waals surface area contributed by atoms with Crippen molar-refractivity contribution in [2.24, 2.45) is 0 Å². The molecule has 116 valence electrons. The highest BCUT2D eigenvalue weighted by molar-refractivity contribution is 7.89. The van der Waals surface area contributed by atoms with Gasteiger partial charge in [-0.05, 0) is 17.7 Å². The van der Waals surface area contributed by atoms with Gasteiger partial charge < -0.3 is 4.74 Å². The molecule has 0 aromatic heterocycles. The molecule has 2 rings (SSSR count). The van der Waals surface area contributed by atoms with Gasteiger partial charge in [-0.3, -0.25) is 9.52 Å². The van der Waals surface area contributed by atoms with Crippen LogP contribution in [0.15, 0.2) is 60.7 Å². The van der Waals surface area contributed by atoms with E-state index in [4.69, 9.17) is 4.74 Å². The standard InChI is InChI=1S/C16H17NO4S/c18-16(11-12-21-15-9-5-2-6-10-15)17-22(19,20)13-14-7-3-1-4-8-14/h1-10H,11-13H2,(H,17,18). The summed E-state index contributed by atoms with van der Waals surface area (Å²) in [4.78, 5) is 11.7. The molecule has 0 fully saturated rings. The van der Waals surface area contributed by atoms with Crippen LogP contribution in [0.3, 0.4) is 0 Å². The molecule has 0 spiro atoms. The van der Waals surface area contributed by atoms with Crippen molar-refractivity contribution in [2.45, 2.75) is 12.2 Å². The zero-order chi connectivity index (χ0) is 15.8. The number of sulfonamides is 1.